The lowest BCUT2D eigenvalue weighted by atomic mass is 10.1. The average Bonchev–Trinajstić information content (AvgIpc) is 3.38. The molecule has 0 bridgehead atoms. The molecular formula is C22H27ClN5O+. The van der Waals surface area contributed by atoms with Crippen LogP contribution in [-0.4, -0.2) is 46.7 Å². The molecule has 152 valence electrons. The van der Waals surface area contributed by atoms with Crippen molar-refractivity contribution in [1.29, 1.82) is 0 Å². The molecule has 2 N–H and O–H groups in total. The molecule has 0 atom stereocenters. The molecule has 0 radical (unpaired) electrons. The number of rotatable bonds is 7. The first-order valence-corrected chi connectivity index (χ1v) is 10.8. The zero-order chi connectivity index (χ0) is 20.2. The molecule has 1 aliphatic heterocycles. The van der Waals surface area contributed by atoms with E-state index in [-0.39, 0.29) is 5.91 Å². The summed E-state index contributed by atoms with van der Waals surface area (Å²) in [5, 5.41) is 8.51. The maximum absolute atomic E-state index is 12.9. The monoisotopic (exact) mass is 412 g/mol. The zero-order valence-electron chi connectivity index (χ0n) is 16.7. The number of carbonyl (C=O) groups is 1. The lowest BCUT2D eigenvalue weighted by Gasteiger charge is -2.14. The van der Waals surface area contributed by atoms with Crippen LogP contribution in [0.3, 0.4) is 0 Å². The van der Waals surface area contributed by atoms with Crippen molar-refractivity contribution in [3.63, 3.8) is 0 Å². The number of aromatic nitrogens is 3. The minimum atomic E-state index is -0.0648. The number of nitrogens with zero attached hydrogens (tertiary/aromatic N) is 3. The average molecular weight is 413 g/mol. The van der Waals surface area contributed by atoms with E-state index in [1.54, 1.807) is 11.1 Å². The smallest absolute Gasteiger partial charge is 0.254 e. The molecule has 1 amide bonds. The highest BCUT2D eigenvalue weighted by atomic mass is 35.5. The number of nitrogens with one attached hydrogen (secondary N) is 2. The van der Waals surface area contributed by atoms with Crippen LogP contribution >= 0.6 is 11.6 Å². The molecule has 1 aliphatic rings. The third-order valence-corrected chi connectivity index (χ3v) is 5.78. The Kier molecular flexibility index (Phi) is 6.11. The maximum atomic E-state index is 12.9. The van der Waals surface area contributed by atoms with Crippen LogP contribution in [-0.2, 0) is 6.42 Å². The number of hydrogen-bond donors (Lipinski definition) is 2. The topological polar surface area (TPSA) is 63.7 Å². The van der Waals surface area contributed by atoms with Gasteiger partial charge in [-0.1, -0.05) is 37.1 Å². The van der Waals surface area contributed by atoms with Gasteiger partial charge in [0.15, 0.2) is 5.65 Å². The number of halogens is 1. The first-order chi connectivity index (χ1) is 14.2. The van der Waals surface area contributed by atoms with Gasteiger partial charge in [0, 0.05) is 35.7 Å². The molecule has 0 spiro atoms. The lowest BCUT2D eigenvalue weighted by Crippen LogP contribution is -3.10. The fourth-order valence-electron chi connectivity index (χ4n) is 3.98. The van der Waals surface area contributed by atoms with E-state index < -0.39 is 0 Å². The summed E-state index contributed by atoms with van der Waals surface area (Å²) in [5.41, 5.74) is 4.06. The summed E-state index contributed by atoms with van der Waals surface area (Å²) in [7, 11) is 0. The van der Waals surface area contributed by atoms with Crippen molar-refractivity contribution in [2.24, 2.45) is 0 Å². The summed E-state index contributed by atoms with van der Waals surface area (Å²) in [4.78, 5) is 18.9. The lowest BCUT2D eigenvalue weighted by molar-refractivity contribution is -0.886. The van der Waals surface area contributed by atoms with Gasteiger partial charge in [-0.3, -0.25) is 4.79 Å². The van der Waals surface area contributed by atoms with E-state index in [1.165, 1.54) is 25.9 Å². The van der Waals surface area contributed by atoms with Crippen molar-refractivity contribution in [2.45, 2.75) is 32.6 Å². The first kappa shape index (κ1) is 19.9. The Balaban J connectivity index is 1.58. The predicted octanol–water partition coefficient (Wildman–Crippen LogP) is 2.41. The van der Waals surface area contributed by atoms with E-state index in [1.807, 2.05) is 34.8 Å². The van der Waals surface area contributed by atoms with Crippen LogP contribution in [0, 0.1) is 0 Å². The molecule has 0 unspecified atom stereocenters. The highest BCUT2D eigenvalue weighted by Gasteiger charge is 2.19. The van der Waals surface area contributed by atoms with Gasteiger partial charge in [0.2, 0.25) is 0 Å². The molecule has 6 nitrogen and oxygen atoms in total. The van der Waals surface area contributed by atoms with Gasteiger partial charge >= 0.3 is 0 Å². The Hall–Kier alpha value is -2.44. The van der Waals surface area contributed by atoms with E-state index in [0.717, 1.165) is 42.0 Å². The van der Waals surface area contributed by atoms with Crippen molar-refractivity contribution in [3.8, 4) is 11.3 Å². The van der Waals surface area contributed by atoms with E-state index in [2.05, 4.69) is 17.2 Å². The number of amides is 1. The number of benzene rings is 1. The fraction of sp³-hybridized carbons (Fsp3) is 0.409. The standard InChI is InChI=1S/C22H26ClN5O/c1-2-5-20-18(22(29)24-10-13-27-11-3-4-12-27)15-25-21-14-19(26-28(20)21)16-6-8-17(23)9-7-16/h6-9,14-15H,2-5,10-13H2,1H3,(H,24,29)/p+1. The molecule has 3 aromatic rings. The summed E-state index contributed by atoms with van der Waals surface area (Å²) in [5.74, 6) is -0.0648. The molecule has 2 aromatic heterocycles. The Labute approximate surface area is 175 Å². The summed E-state index contributed by atoms with van der Waals surface area (Å²) in [6, 6.07) is 9.53. The molecule has 1 aromatic carbocycles. The number of aryl methyl sites for hydroxylation is 1. The second kappa shape index (κ2) is 8.93. The second-order valence-electron chi connectivity index (χ2n) is 7.64. The number of carbonyl (C=O) groups excluding carboxylic acids is 1. The Morgan fingerprint density at radius 3 is 2.72 bits per heavy atom. The molecule has 3 heterocycles. The molecular weight excluding hydrogens is 386 g/mol. The quantitative estimate of drug-likeness (QED) is 0.626. The van der Waals surface area contributed by atoms with Crippen molar-refractivity contribution in [1.82, 2.24) is 19.9 Å². The van der Waals surface area contributed by atoms with Crippen LogP contribution in [0.15, 0.2) is 36.5 Å². The minimum absolute atomic E-state index is 0.0648. The number of quaternary nitrogens is 1. The predicted molar refractivity (Wildman–Crippen MR) is 115 cm³/mol. The SMILES string of the molecule is CCCc1c(C(=O)NCC[NH+]2CCCC2)cnc2cc(-c3ccc(Cl)cc3)nn12. The van der Waals surface area contributed by atoms with Gasteiger partial charge in [0.1, 0.15) is 0 Å². The molecule has 4 rings (SSSR count). The Morgan fingerprint density at radius 2 is 2.00 bits per heavy atom. The molecule has 29 heavy (non-hydrogen) atoms. The highest BCUT2D eigenvalue weighted by Crippen LogP contribution is 2.23. The summed E-state index contributed by atoms with van der Waals surface area (Å²) >= 11 is 6.00. The van der Waals surface area contributed by atoms with E-state index >= 15 is 0 Å². The van der Waals surface area contributed by atoms with Gasteiger partial charge in [-0.15, -0.1) is 0 Å². The molecule has 0 saturated carbocycles. The van der Waals surface area contributed by atoms with Crippen LogP contribution in [0.25, 0.3) is 16.9 Å². The van der Waals surface area contributed by atoms with Crippen molar-refractivity contribution in [2.75, 3.05) is 26.2 Å². The summed E-state index contributed by atoms with van der Waals surface area (Å²) < 4.78 is 1.81. The van der Waals surface area contributed by atoms with Crippen molar-refractivity contribution >= 4 is 23.2 Å². The van der Waals surface area contributed by atoms with Crippen LogP contribution in [0.2, 0.25) is 5.02 Å². The van der Waals surface area contributed by atoms with Gasteiger partial charge in [0.25, 0.3) is 5.91 Å². The fourth-order valence-corrected chi connectivity index (χ4v) is 4.11. The summed E-state index contributed by atoms with van der Waals surface area (Å²) in [6.07, 6.45) is 5.96. The van der Waals surface area contributed by atoms with Crippen LogP contribution in [0.5, 0.6) is 0 Å². The normalized spacial score (nSPS) is 14.6. The van der Waals surface area contributed by atoms with Gasteiger partial charge in [-0.05, 0) is 18.6 Å². The highest BCUT2D eigenvalue weighted by molar-refractivity contribution is 6.30. The van der Waals surface area contributed by atoms with E-state index in [9.17, 15) is 4.79 Å². The third-order valence-electron chi connectivity index (χ3n) is 5.53. The number of likely N-dealkylation sites (tertiary alicyclic amines) is 1. The molecule has 7 heteroatoms. The molecule has 0 aliphatic carbocycles. The van der Waals surface area contributed by atoms with Crippen LogP contribution in [0.4, 0.5) is 0 Å². The number of fused-ring (bicyclic) bond motifs is 1. The molecule has 1 fully saturated rings. The van der Waals surface area contributed by atoms with Crippen molar-refractivity contribution < 1.29 is 9.69 Å². The molecule has 1 saturated heterocycles. The van der Waals surface area contributed by atoms with Crippen molar-refractivity contribution in [3.05, 3.63) is 52.8 Å². The minimum Gasteiger partial charge on any atom is -0.346 e. The number of hydrogen-bond acceptors (Lipinski definition) is 3. The Morgan fingerprint density at radius 1 is 1.24 bits per heavy atom. The zero-order valence-corrected chi connectivity index (χ0v) is 17.5. The third kappa shape index (κ3) is 4.43. The van der Waals surface area contributed by atoms with Gasteiger partial charge in [-0.2, -0.15) is 5.10 Å². The van der Waals surface area contributed by atoms with Gasteiger partial charge in [0.05, 0.1) is 43.1 Å². The second-order valence-corrected chi connectivity index (χ2v) is 8.07. The van der Waals surface area contributed by atoms with E-state index in [4.69, 9.17) is 16.7 Å². The van der Waals surface area contributed by atoms with Gasteiger partial charge < -0.3 is 10.2 Å². The van der Waals surface area contributed by atoms with Crippen LogP contribution in [0.1, 0.15) is 42.2 Å². The first-order valence-electron chi connectivity index (χ1n) is 10.4. The largest absolute Gasteiger partial charge is 0.346 e. The van der Waals surface area contributed by atoms with E-state index in [0.29, 0.717) is 17.1 Å². The Bertz CT molecular complexity index is 992. The van der Waals surface area contributed by atoms with Crippen LogP contribution < -0.4 is 10.2 Å². The van der Waals surface area contributed by atoms with Gasteiger partial charge in [-0.25, -0.2) is 9.50 Å². The maximum Gasteiger partial charge on any atom is 0.254 e. The summed E-state index contributed by atoms with van der Waals surface area (Å²) in [6.45, 7) is 6.20.